The maximum absolute atomic E-state index is 11.5. The minimum Gasteiger partial charge on any atom is -0.466 e. The molecule has 1 heterocycles. The average molecular weight is 275 g/mol. The second kappa shape index (κ2) is 5.25. The Balaban J connectivity index is 1.94. The maximum Gasteiger partial charge on any atom is 0.312 e. The number of ether oxygens (including phenoxy) is 1. The first-order valence-corrected chi connectivity index (χ1v) is 6.88. The summed E-state index contributed by atoms with van der Waals surface area (Å²) in [7, 11) is 0. The SMILES string of the molecule is CCOC(=O)Cc1noc2c3c(ccc12)CC(CO)C3. The molecule has 0 amide bonds. The molecule has 1 N–H and O–H groups in total. The van der Waals surface area contributed by atoms with Gasteiger partial charge in [0.2, 0.25) is 0 Å². The van der Waals surface area contributed by atoms with Crippen LogP contribution in [0.4, 0.5) is 0 Å². The summed E-state index contributed by atoms with van der Waals surface area (Å²) in [6, 6.07) is 3.98. The molecule has 1 atom stereocenters. The average Bonchev–Trinajstić information content (AvgIpc) is 3.02. The number of aliphatic hydroxyl groups excluding tert-OH is 1. The highest BCUT2D eigenvalue weighted by Crippen LogP contribution is 2.34. The van der Waals surface area contributed by atoms with Crippen LogP contribution < -0.4 is 0 Å². The van der Waals surface area contributed by atoms with E-state index in [2.05, 4.69) is 5.16 Å². The lowest BCUT2D eigenvalue weighted by molar-refractivity contribution is -0.142. The number of esters is 1. The molecule has 5 nitrogen and oxygen atoms in total. The summed E-state index contributed by atoms with van der Waals surface area (Å²) in [6.07, 6.45) is 1.80. The normalized spacial score (nSPS) is 17.4. The van der Waals surface area contributed by atoms with Gasteiger partial charge in [0.15, 0.2) is 5.58 Å². The fraction of sp³-hybridized carbons (Fsp3) is 0.467. The highest BCUT2D eigenvalue weighted by molar-refractivity contribution is 5.87. The Kier molecular flexibility index (Phi) is 3.44. The van der Waals surface area contributed by atoms with Crippen LogP contribution in [0.15, 0.2) is 16.7 Å². The topological polar surface area (TPSA) is 72.6 Å². The van der Waals surface area contributed by atoms with Gasteiger partial charge in [-0.1, -0.05) is 11.2 Å². The number of nitrogens with zero attached hydrogens (tertiary/aromatic N) is 1. The van der Waals surface area contributed by atoms with Crippen molar-refractivity contribution >= 4 is 16.9 Å². The maximum atomic E-state index is 11.5. The molecule has 20 heavy (non-hydrogen) atoms. The second-order valence-electron chi connectivity index (χ2n) is 5.15. The monoisotopic (exact) mass is 275 g/mol. The van der Waals surface area contributed by atoms with Crippen LogP contribution in [0.25, 0.3) is 11.0 Å². The van der Waals surface area contributed by atoms with Crippen LogP contribution in [0.5, 0.6) is 0 Å². The predicted octanol–water partition coefficient (Wildman–Crippen LogP) is 1.64. The number of hydrogen-bond donors (Lipinski definition) is 1. The first-order valence-electron chi connectivity index (χ1n) is 6.88. The van der Waals surface area contributed by atoms with Gasteiger partial charge in [0.05, 0.1) is 13.0 Å². The fourth-order valence-electron chi connectivity index (χ4n) is 2.84. The third kappa shape index (κ3) is 2.18. The van der Waals surface area contributed by atoms with Gasteiger partial charge in [-0.15, -0.1) is 0 Å². The first kappa shape index (κ1) is 13.1. The Morgan fingerprint density at radius 2 is 2.35 bits per heavy atom. The lowest BCUT2D eigenvalue weighted by atomic mass is 10.1. The van der Waals surface area contributed by atoms with E-state index in [1.54, 1.807) is 6.92 Å². The largest absolute Gasteiger partial charge is 0.466 e. The highest BCUT2D eigenvalue weighted by atomic mass is 16.5. The van der Waals surface area contributed by atoms with Gasteiger partial charge in [-0.2, -0.15) is 0 Å². The third-order valence-electron chi connectivity index (χ3n) is 3.79. The van der Waals surface area contributed by atoms with Crippen molar-refractivity contribution in [3.05, 3.63) is 29.0 Å². The number of hydrogen-bond acceptors (Lipinski definition) is 5. The van der Waals surface area contributed by atoms with Crippen molar-refractivity contribution in [2.75, 3.05) is 13.2 Å². The van der Waals surface area contributed by atoms with E-state index in [-0.39, 0.29) is 24.9 Å². The Hall–Kier alpha value is -1.88. The van der Waals surface area contributed by atoms with Gasteiger partial charge in [-0.05, 0) is 37.3 Å². The Bertz CT molecular complexity index is 647. The van der Waals surface area contributed by atoms with Crippen LogP contribution in [0.2, 0.25) is 0 Å². The summed E-state index contributed by atoms with van der Waals surface area (Å²) in [4.78, 5) is 11.5. The molecule has 0 fully saturated rings. The van der Waals surface area contributed by atoms with Crippen LogP contribution >= 0.6 is 0 Å². The molecule has 1 aromatic heterocycles. The lowest BCUT2D eigenvalue weighted by Crippen LogP contribution is -2.07. The number of carbonyl (C=O) groups excluding carboxylic acids is 1. The number of rotatable bonds is 4. The van der Waals surface area contributed by atoms with Gasteiger partial charge in [0.25, 0.3) is 0 Å². The molecule has 0 radical (unpaired) electrons. The molecular formula is C15H17NO4. The zero-order chi connectivity index (χ0) is 14.1. The Morgan fingerprint density at radius 1 is 1.50 bits per heavy atom. The molecule has 2 aromatic rings. The first-order chi connectivity index (χ1) is 9.72. The van der Waals surface area contributed by atoms with Gasteiger partial charge >= 0.3 is 5.97 Å². The number of aromatic nitrogens is 1. The molecule has 0 saturated carbocycles. The molecule has 0 bridgehead atoms. The molecule has 106 valence electrons. The van der Waals surface area contributed by atoms with Crippen molar-refractivity contribution in [2.45, 2.75) is 26.2 Å². The molecule has 3 rings (SSSR count). The van der Waals surface area contributed by atoms with Crippen LogP contribution in [0.1, 0.15) is 23.7 Å². The molecule has 0 spiro atoms. The number of fused-ring (bicyclic) bond motifs is 3. The minimum absolute atomic E-state index is 0.128. The summed E-state index contributed by atoms with van der Waals surface area (Å²) in [5.74, 6) is -0.0364. The Labute approximate surface area is 116 Å². The zero-order valence-corrected chi connectivity index (χ0v) is 11.4. The molecule has 1 aliphatic carbocycles. The van der Waals surface area contributed by atoms with Gasteiger partial charge < -0.3 is 14.4 Å². The van der Waals surface area contributed by atoms with Crippen LogP contribution in [0.3, 0.4) is 0 Å². The molecule has 1 unspecified atom stereocenters. The second-order valence-corrected chi connectivity index (χ2v) is 5.15. The third-order valence-corrected chi connectivity index (χ3v) is 3.79. The van der Waals surface area contributed by atoms with Gasteiger partial charge in [0, 0.05) is 17.6 Å². The summed E-state index contributed by atoms with van der Waals surface area (Å²) in [5.41, 5.74) is 3.69. The van der Waals surface area contributed by atoms with Crippen molar-refractivity contribution in [1.29, 1.82) is 0 Å². The van der Waals surface area contributed by atoms with E-state index in [4.69, 9.17) is 9.26 Å². The van der Waals surface area contributed by atoms with Crippen molar-refractivity contribution in [1.82, 2.24) is 5.16 Å². The van der Waals surface area contributed by atoms with Crippen LogP contribution in [-0.4, -0.2) is 29.4 Å². The van der Waals surface area contributed by atoms with E-state index >= 15 is 0 Å². The zero-order valence-electron chi connectivity index (χ0n) is 11.4. The molecule has 1 aromatic carbocycles. The highest BCUT2D eigenvalue weighted by Gasteiger charge is 2.26. The van der Waals surface area contributed by atoms with E-state index < -0.39 is 0 Å². The van der Waals surface area contributed by atoms with Gasteiger partial charge in [0.1, 0.15) is 5.69 Å². The van der Waals surface area contributed by atoms with Crippen molar-refractivity contribution in [3.8, 4) is 0 Å². The van der Waals surface area contributed by atoms with Crippen LogP contribution in [0, 0.1) is 5.92 Å². The van der Waals surface area contributed by atoms with E-state index in [1.165, 1.54) is 5.56 Å². The van der Waals surface area contributed by atoms with E-state index in [1.807, 2.05) is 12.1 Å². The number of aliphatic hydroxyl groups is 1. The van der Waals surface area contributed by atoms with Gasteiger partial charge in [-0.25, -0.2) is 0 Å². The van der Waals surface area contributed by atoms with Crippen molar-refractivity contribution in [3.63, 3.8) is 0 Å². The van der Waals surface area contributed by atoms with Crippen molar-refractivity contribution < 1.29 is 19.2 Å². The molecule has 5 heteroatoms. The summed E-state index contributed by atoms with van der Waals surface area (Å²) < 4.78 is 10.4. The van der Waals surface area contributed by atoms with E-state index in [0.29, 0.717) is 12.3 Å². The van der Waals surface area contributed by atoms with Gasteiger partial charge in [-0.3, -0.25) is 4.79 Å². The predicted molar refractivity (Wildman–Crippen MR) is 72.3 cm³/mol. The smallest absolute Gasteiger partial charge is 0.312 e. The fourth-order valence-corrected chi connectivity index (χ4v) is 2.84. The number of carbonyl (C=O) groups is 1. The van der Waals surface area contributed by atoms with Crippen molar-refractivity contribution in [2.24, 2.45) is 5.92 Å². The standard InChI is InChI=1S/C15H17NO4/c1-2-19-14(18)7-13-11-4-3-10-5-9(8-17)6-12(10)15(11)20-16-13/h3-4,9,17H,2,5-8H2,1H3. The van der Waals surface area contributed by atoms with E-state index in [9.17, 15) is 9.90 Å². The molecule has 0 saturated heterocycles. The lowest BCUT2D eigenvalue weighted by Gasteiger charge is -2.00. The molecule has 0 aliphatic heterocycles. The minimum atomic E-state index is -0.295. The summed E-state index contributed by atoms with van der Waals surface area (Å²) in [6.45, 7) is 2.32. The van der Waals surface area contributed by atoms with Crippen LogP contribution in [-0.2, 0) is 28.8 Å². The quantitative estimate of drug-likeness (QED) is 0.859. The van der Waals surface area contributed by atoms with E-state index in [0.717, 1.165) is 29.4 Å². The molecular weight excluding hydrogens is 258 g/mol. The summed E-state index contributed by atoms with van der Waals surface area (Å²) in [5, 5.41) is 14.2. The summed E-state index contributed by atoms with van der Waals surface area (Å²) >= 11 is 0. The Morgan fingerprint density at radius 3 is 3.10 bits per heavy atom. The number of benzene rings is 1. The molecule has 1 aliphatic rings.